The van der Waals surface area contributed by atoms with Gasteiger partial charge in [-0.1, -0.05) is 19.1 Å². The number of rotatable bonds is 4. The van der Waals surface area contributed by atoms with E-state index in [4.69, 9.17) is 10.5 Å². The van der Waals surface area contributed by atoms with Crippen molar-refractivity contribution >= 4 is 23.9 Å². The summed E-state index contributed by atoms with van der Waals surface area (Å²) in [6.07, 6.45) is -1.39. The molecule has 6 atom stereocenters. The van der Waals surface area contributed by atoms with Crippen LogP contribution in [0.15, 0.2) is 40.9 Å². The molecule has 0 radical (unpaired) electrons. The fraction of sp³-hybridized carbons (Fsp3) is 0.391. The van der Waals surface area contributed by atoms with Crippen LogP contribution in [0.1, 0.15) is 28.8 Å². The minimum atomic E-state index is -2.93. The van der Waals surface area contributed by atoms with Gasteiger partial charge in [0.1, 0.15) is 28.9 Å². The number of ketones is 2. The van der Waals surface area contributed by atoms with Crippen LogP contribution in [0.5, 0.6) is 5.75 Å². The Kier molecular flexibility index (Phi) is 5.29. The monoisotopic (exact) mass is 472 g/mol. The third-order valence-electron chi connectivity index (χ3n) is 7.18. The standard InChI is InChI=1S/C23H24N2O9/c1-8-9-5-4-6-10(27)12(9)17(28)13-11(8)19(34-7-26)15-16(25(2)3)18(29)14(22(24)32)21(31)23(15,33)20(13)30/h4-8,11,15-16,19,27,29-30,33H,1-3H3,(H2,24,32)/t8-,11+,15+,16?,19-,23-/m0/s1. The van der Waals surface area contributed by atoms with Crippen LogP contribution >= 0.6 is 0 Å². The van der Waals surface area contributed by atoms with Gasteiger partial charge in [-0.15, -0.1) is 0 Å². The number of fused-ring (bicyclic) bond motifs is 3. The van der Waals surface area contributed by atoms with Gasteiger partial charge in [0.2, 0.25) is 5.78 Å². The second-order valence-electron chi connectivity index (χ2n) is 9.00. The molecular weight excluding hydrogens is 448 g/mol. The molecule has 34 heavy (non-hydrogen) atoms. The summed E-state index contributed by atoms with van der Waals surface area (Å²) in [7, 11) is 2.96. The quantitative estimate of drug-likeness (QED) is 0.291. The molecule has 0 aliphatic heterocycles. The second kappa shape index (κ2) is 7.67. The summed E-state index contributed by atoms with van der Waals surface area (Å²) < 4.78 is 5.34. The number of benzene rings is 1. The molecular formula is C23H24N2O9. The minimum absolute atomic E-state index is 0.0851. The van der Waals surface area contributed by atoms with Crippen LogP contribution in [0, 0.1) is 11.8 Å². The van der Waals surface area contributed by atoms with Gasteiger partial charge >= 0.3 is 0 Å². The number of carbonyl (C=O) groups excluding carboxylic acids is 4. The number of nitrogens with zero attached hydrogens (tertiary/aromatic N) is 1. The van der Waals surface area contributed by atoms with Crippen molar-refractivity contribution in [1.29, 1.82) is 0 Å². The zero-order valence-corrected chi connectivity index (χ0v) is 18.6. The number of hydrogen-bond donors (Lipinski definition) is 5. The number of phenolic OH excluding ortho intramolecular Hbond substituents is 1. The number of likely N-dealkylation sites (N-methyl/N-ethyl adjacent to an activating group) is 1. The Morgan fingerprint density at radius 2 is 1.85 bits per heavy atom. The lowest BCUT2D eigenvalue weighted by atomic mass is 9.55. The van der Waals surface area contributed by atoms with Gasteiger partial charge < -0.3 is 30.9 Å². The van der Waals surface area contributed by atoms with E-state index in [-0.39, 0.29) is 17.8 Å². The van der Waals surface area contributed by atoms with Crippen molar-refractivity contribution in [2.75, 3.05) is 14.1 Å². The fourth-order valence-corrected chi connectivity index (χ4v) is 5.78. The Hall–Kier alpha value is -3.70. The molecule has 0 fully saturated rings. The highest BCUT2D eigenvalue weighted by molar-refractivity contribution is 6.25. The summed E-state index contributed by atoms with van der Waals surface area (Å²) >= 11 is 0. The van der Waals surface area contributed by atoms with Gasteiger partial charge in [-0.3, -0.25) is 24.1 Å². The van der Waals surface area contributed by atoms with E-state index in [2.05, 4.69) is 0 Å². The van der Waals surface area contributed by atoms with Crippen molar-refractivity contribution in [3.63, 3.8) is 0 Å². The average Bonchev–Trinajstić information content (AvgIpc) is 2.75. The molecule has 1 aromatic carbocycles. The smallest absolute Gasteiger partial charge is 0.293 e. The summed E-state index contributed by atoms with van der Waals surface area (Å²) in [5.41, 5.74) is 1.30. The molecule has 0 saturated heterocycles. The van der Waals surface area contributed by atoms with Gasteiger partial charge in [0, 0.05) is 11.5 Å². The molecule has 0 bridgehead atoms. The Balaban J connectivity index is 2.10. The first-order valence-electron chi connectivity index (χ1n) is 10.5. The van der Waals surface area contributed by atoms with Crippen LogP contribution in [0.25, 0.3) is 0 Å². The Bertz CT molecular complexity index is 1200. The number of Topliss-reactive ketones (excluding diaryl/α,β-unsaturated/α-hetero) is 2. The molecule has 180 valence electrons. The summed E-state index contributed by atoms with van der Waals surface area (Å²) in [4.78, 5) is 51.8. The number of phenols is 1. The second-order valence-corrected chi connectivity index (χ2v) is 9.00. The lowest BCUT2D eigenvalue weighted by Gasteiger charge is -2.54. The topological polar surface area (TPSA) is 188 Å². The maximum absolute atomic E-state index is 13.5. The normalized spacial score (nSPS) is 32.8. The van der Waals surface area contributed by atoms with E-state index in [1.807, 2.05) is 0 Å². The molecule has 0 saturated carbocycles. The highest BCUT2D eigenvalue weighted by Crippen LogP contribution is 2.56. The van der Waals surface area contributed by atoms with Gasteiger partial charge in [-0.2, -0.15) is 0 Å². The van der Waals surface area contributed by atoms with Crippen LogP contribution < -0.4 is 5.73 Å². The molecule has 6 N–H and O–H groups in total. The molecule has 3 aliphatic rings. The van der Waals surface area contributed by atoms with E-state index in [1.54, 1.807) is 13.0 Å². The van der Waals surface area contributed by atoms with Crippen molar-refractivity contribution in [3.8, 4) is 5.75 Å². The van der Waals surface area contributed by atoms with E-state index < -0.39 is 75.6 Å². The number of primary amides is 1. The van der Waals surface area contributed by atoms with Gasteiger partial charge in [0.05, 0.1) is 17.5 Å². The lowest BCUT2D eigenvalue weighted by Crippen LogP contribution is -2.69. The van der Waals surface area contributed by atoms with Crippen LogP contribution in [0.2, 0.25) is 0 Å². The lowest BCUT2D eigenvalue weighted by molar-refractivity contribution is -0.173. The van der Waals surface area contributed by atoms with Crippen molar-refractivity contribution < 1.29 is 44.3 Å². The summed E-state index contributed by atoms with van der Waals surface area (Å²) in [5.74, 6) is -8.98. The molecule has 1 amide bonds. The molecule has 1 unspecified atom stereocenters. The maximum Gasteiger partial charge on any atom is 0.293 e. The van der Waals surface area contributed by atoms with E-state index in [0.717, 1.165) is 0 Å². The van der Waals surface area contributed by atoms with Crippen LogP contribution in [0.3, 0.4) is 0 Å². The molecule has 0 spiro atoms. The predicted octanol–water partition coefficient (Wildman–Crippen LogP) is -0.167. The van der Waals surface area contributed by atoms with Crippen molar-refractivity contribution in [1.82, 2.24) is 4.90 Å². The number of aromatic hydroxyl groups is 1. The van der Waals surface area contributed by atoms with Crippen molar-refractivity contribution in [3.05, 3.63) is 52.0 Å². The number of aliphatic hydroxyl groups is 3. The van der Waals surface area contributed by atoms with Crippen LogP contribution in [0.4, 0.5) is 0 Å². The molecule has 3 aliphatic carbocycles. The molecule has 11 heteroatoms. The van der Waals surface area contributed by atoms with E-state index in [1.165, 1.54) is 31.1 Å². The van der Waals surface area contributed by atoms with Gasteiger partial charge in [0.25, 0.3) is 12.4 Å². The average molecular weight is 472 g/mol. The summed E-state index contributed by atoms with van der Waals surface area (Å²) in [6, 6.07) is 3.11. The largest absolute Gasteiger partial charge is 0.510 e. The fourth-order valence-electron chi connectivity index (χ4n) is 5.78. The van der Waals surface area contributed by atoms with Crippen molar-refractivity contribution in [2.24, 2.45) is 17.6 Å². The first-order chi connectivity index (χ1) is 15.9. The third kappa shape index (κ3) is 2.77. The van der Waals surface area contributed by atoms with Crippen molar-refractivity contribution in [2.45, 2.75) is 30.6 Å². The number of aliphatic hydroxyl groups excluding tert-OH is 2. The Labute approximate surface area is 193 Å². The third-order valence-corrected chi connectivity index (χ3v) is 7.18. The van der Waals surface area contributed by atoms with E-state index >= 15 is 0 Å². The van der Waals surface area contributed by atoms with Crippen LogP contribution in [-0.2, 0) is 19.1 Å². The zero-order chi connectivity index (χ0) is 25.3. The number of ether oxygens (including phenoxy) is 1. The maximum atomic E-state index is 13.5. The minimum Gasteiger partial charge on any atom is -0.510 e. The molecule has 0 heterocycles. The first-order valence-corrected chi connectivity index (χ1v) is 10.5. The number of hydrogen-bond acceptors (Lipinski definition) is 10. The molecule has 11 nitrogen and oxygen atoms in total. The van der Waals surface area contributed by atoms with Gasteiger partial charge in [-0.05, 0) is 31.6 Å². The van der Waals surface area contributed by atoms with Gasteiger partial charge in [-0.25, -0.2) is 0 Å². The highest BCUT2D eigenvalue weighted by atomic mass is 16.5. The molecule has 4 rings (SSSR count). The number of nitrogens with two attached hydrogens (primary N) is 1. The summed E-state index contributed by atoms with van der Waals surface area (Å²) in [5, 5.41) is 44.2. The SMILES string of the molecule is C[C@H]1c2cccc(O)c2C(=O)C2=C(O)[C@]3(O)C(=O)C(C(N)=O)=C(O)C(N(C)C)[C@@H]3[C@@H](OC=O)[C@@H]21. The van der Waals surface area contributed by atoms with E-state index in [0.29, 0.717) is 5.56 Å². The Morgan fingerprint density at radius 1 is 1.21 bits per heavy atom. The number of carbonyl (C=O) groups is 4. The van der Waals surface area contributed by atoms with Crippen LogP contribution in [-0.4, -0.2) is 81.1 Å². The predicted molar refractivity (Wildman–Crippen MR) is 115 cm³/mol. The van der Waals surface area contributed by atoms with Gasteiger partial charge in [0.15, 0.2) is 11.4 Å². The molecule has 1 aromatic rings. The molecule has 0 aromatic heterocycles. The Morgan fingerprint density at radius 3 is 2.41 bits per heavy atom. The first kappa shape index (κ1) is 23.5. The summed E-state index contributed by atoms with van der Waals surface area (Å²) in [6.45, 7) is 1.76. The zero-order valence-electron chi connectivity index (χ0n) is 18.6. The van der Waals surface area contributed by atoms with E-state index in [9.17, 15) is 39.6 Å². The highest BCUT2D eigenvalue weighted by Gasteiger charge is 2.68. The number of amides is 1.